The monoisotopic (exact) mass is 486 g/mol. The molecule has 2 aromatic rings. The number of rotatable bonds is 10. The van der Waals surface area contributed by atoms with E-state index in [2.05, 4.69) is 45.3 Å². The Morgan fingerprint density at radius 3 is 2.78 bits per heavy atom. The molecule has 0 amide bonds. The molecule has 0 aliphatic carbocycles. The summed E-state index contributed by atoms with van der Waals surface area (Å²) in [6.45, 7) is 7.35. The van der Waals surface area contributed by atoms with Gasteiger partial charge in [0.15, 0.2) is 5.96 Å². The summed E-state index contributed by atoms with van der Waals surface area (Å²) in [5, 5.41) is 14.9. The summed E-state index contributed by atoms with van der Waals surface area (Å²) in [6.07, 6.45) is 4.92. The molecule has 1 heterocycles. The lowest BCUT2D eigenvalue weighted by Crippen LogP contribution is -2.39. The first kappa shape index (κ1) is 23.2. The molecule has 1 aromatic carbocycles. The van der Waals surface area contributed by atoms with Gasteiger partial charge < -0.3 is 19.9 Å². The molecule has 0 fully saturated rings. The molecule has 0 saturated carbocycles. The van der Waals surface area contributed by atoms with E-state index in [0.717, 1.165) is 62.0 Å². The van der Waals surface area contributed by atoms with Crippen molar-refractivity contribution in [1.82, 2.24) is 25.4 Å². The SMILES string of the molecule is CCCCNC(=NCc1cccc(OC)c1)NCCn1cnnc1CC.I. The predicted molar refractivity (Wildman–Crippen MR) is 120 cm³/mol. The molecule has 0 spiro atoms. The van der Waals surface area contributed by atoms with Crippen LogP contribution in [0.4, 0.5) is 0 Å². The second kappa shape index (κ2) is 13.3. The van der Waals surface area contributed by atoms with Crippen LogP contribution in [-0.4, -0.2) is 40.9 Å². The van der Waals surface area contributed by atoms with E-state index in [0.29, 0.717) is 6.54 Å². The van der Waals surface area contributed by atoms with E-state index in [-0.39, 0.29) is 24.0 Å². The molecule has 0 aliphatic rings. The molecule has 0 saturated heterocycles. The van der Waals surface area contributed by atoms with Gasteiger partial charge in [-0.1, -0.05) is 32.4 Å². The van der Waals surface area contributed by atoms with Crippen molar-refractivity contribution in [3.8, 4) is 5.75 Å². The first-order valence-corrected chi connectivity index (χ1v) is 9.28. The first-order chi connectivity index (χ1) is 12.8. The third kappa shape index (κ3) is 8.15. The minimum absolute atomic E-state index is 0. The molecule has 150 valence electrons. The van der Waals surface area contributed by atoms with Crippen molar-refractivity contribution >= 4 is 29.9 Å². The molecule has 0 radical (unpaired) electrons. The molecule has 2 N–H and O–H groups in total. The summed E-state index contributed by atoms with van der Waals surface area (Å²) in [7, 11) is 1.68. The van der Waals surface area contributed by atoms with Crippen LogP contribution in [0.1, 0.15) is 38.1 Å². The van der Waals surface area contributed by atoms with Crippen LogP contribution in [0.3, 0.4) is 0 Å². The minimum Gasteiger partial charge on any atom is -0.497 e. The van der Waals surface area contributed by atoms with Crippen LogP contribution in [0.25, 0.3) is 0 Å². The fourth-order valence-corrected chi connectivity index (χ4v) is 2.53. The van der Waals surface area contributed by atoms with Crippen LogP contribution in [0.15, 0.2) is 35.6 Å². The standard InChI is InChI=1S/C19H30N6O.HI/c1-4-6-10-20-19(21-11-12-25-15-23-24-18(25)5-2)22-14-16-8-7-9-17(13-16)26-3;/h7-9,13,15H,4-6,10-12,14H2,1-3H3,(H2,20,21,22);1H. The topological polar surface area (TPSA) is 76.4 Å². The van der Waals surface area contributed by atoms with Gasteiger partial charge in [-0.15, -0.1) is 34.2 Å². The Morgan fingerprint density at radius 2 is 2.04 bits per heavy atom. The van der Waals surface area contributed by atoms with Crippen molar-refractivity contribution in [3.05, 3.63) is 42.0 Å². The number of benzene rings is 1. The Morgan fingerprint density at radius 1 is 1.22 bits per heavy atom. The summed E-state index contributed by atoms with van der Waals surface area (Å²) in [6, 6.07) is 7.99. The van der Waals surface area contributed by atoms with E-state index < -0.39 is 0 Å². The number of ether oxygens (including phenoxy) is 1. The number of guanidine groups is 1. The lowest BCUT2D eigenvalue weighted by Gasteiger charge is -2.13. The van der Waals surface area contributed by atoms with Crippen LogP contribution >= 0.6 is 24.0 Å². The zero-order valence-electron chi connectivity index (χ0n) is 16.4. The second-order valence-corrected chi connectivity index (χ2v) is 6.02. The predicted octanol–water partition coefficient (Wildman–Crippen LogP) is 3.00. The Labute approximate surface area is 179 Å². The van der Waals surface area contributed by atoms with Crippen molar-refractivity contribution in [2.24, 2.45) is 4.99 Å². The third-order valence-electron chi connectivity index (χ3n) is 4.03. The van der Waals surface area contributed by atoms with Gasteiger partial charge in [0.05, 0.1) is 13.7 Å². The van der Waals surface area contributed by atoms with Crippen molar-refractivity contribution in [2.45, 2.75) is 46.2 Å². The highest BCUT2D eigenvalue weighted by molar-refractivity contribution is 14.0. The maximum absolute atomic E-state index is 5.27. The minimum atomic E-state index is 0. The number of aryl methyl sites for hydroxylation is 1. The number of nitrogens with one attached hydrogen (secondary N) is 2. The number of halogens is 1. The average Bonchev–Trinajstić information content (AvgIpc) is 3.13. The van der Waals surface area contributed by atoms with Crippen molar-refractivity contribution in [1.29, 1.82) is 0 Å². The molecular weight excluding hydrogens is 455 g/mol. The largest absolute Gasteiger partial charge is 0.497 e. The number of hydrogen-bond acceptors (Lipinski definition) is 4. The maximum atomic E-state index is 5.27. The smallest absolute Gasteiger partial charge is 0.191 e. The number of aromatic nitrogens is 3. The molecule has 8 heteroatoms. The Balaban J connectivity index is 0.00000364. The lowest BCUT2D eigenvalue weighted by atomic mass is 10.2. The van der Waals surface area contributed by atoms with E-state index in [9.17, 15) is 0 Å². The van der Waals surface area contributed by atoms with Crippen LogP contribution in [-0.2, 0) is 19.5 Å². The summed E-state index contributed by atoms with van der Waals surface area (Å²) >= 11 is 0. The van der Waals surface area contributed by atoms with Gasteiger partial charge in [0.1, 0.15) is 17.9 Å². The lowest BCUT2D eigenvalue weighted by molar-refractivity contribution is 0.414. The molecule has 0 aliphatic heterocycles. The van der Waals surface area contributed by atoms with Gasteiger partial charge in [-0.2, -0.15) is 0 Å². The number of hydrogen-bond donors (Lipinski definition) is 2. The highest BCUT2D eigenvalue weighted by atomic mass is 127. The summed E-state index contributed by atoms with van der Waals surface area (Å²) in [5.41, 5.74) is 1.12. The van der Waals surface area contributed by atoms with E-state index >= 15 is 0 Å². The Hall–Kier alpha value is -1.84. The van der Waals surface area contributed by atoms with Gasteiger partial charge in [-0.3, -0.25) is 0 Å². The van der Waals surface area contributed by atoms with Crippen molar-refractivity contribution in [2.75, 3.05) is 20.2 Å². The highest BCUT2D eigenvalue weighted by Crippen LogP contribution is 2.13. The van der Waals surface area contributed by atoms with E-state index in [4.69, 9.17) is 9.73 Å². The fourth-order valence-electron chi connectivity index (χ4n) is 2.53. The zero-order chi connectivity index (χ0) is 18.6. The quantitative estimate of drug-likeness (QED) is 0.234. The van der Waals surface area contributed by atoms with E-state index in [1.165, 1.54) is 0 Å². The van der Waals surface area contributed by atoms with Gasteiger partial charge in [-0.25, -0.2) is 4.99 Å². The van der Waals surface area contributed by atoms with E-state index in [1.54, 1.807) is 13.4 Å². The molecule has 0 atom stereocenters. The summed E-state index contributed by atoms with van der Waals surface area (Å²) in [4.78, 5) is 4.70. The molecule has 0 unspecified atom stereocenters. The van der Waals surface area contributed by atoms with Crippen molar-refractivity contribution < 1.29 is 4.74 Å². The average molecular weight is 486 g/mol. The second-order valence-electron chi connectivity index (χ2n) is 6.02. The van der Waals surface area contributed by atoms with Crippen molar-refractivity contribution in [3.63, 3.8) is 0 Å². The Kier molecular flexibility index (Phi) is 11.5. The first-order valence-electron chi connectivity index (χ1n) is 9.28. The molecule has 27 heavy (non-hydrogen) atoms. The molecule has 1 aromatic heterocycles. The van der Waals surface area contributed by atoms with Crippen LogP contribution < -0.4 is 15.4 Å². The summed E-state index contributed by atoms with van der Waals surface area (Å²) in [5.74, 6) is 2.68. The van der Waals surface area contributed by atoms with E-state index in [1.807, 2.05) is 18.2 Å². The fraction of sp³-hybridized carbons (Fsp3) is 0.526. The van der Waals surface area contributed by atoms with Crippen LogP contribution in [0.5, 0.6) is 5.75 Å². The molecule has 0 bridgehead atoms. The molecular formula is C19H31IN6O. The number of nitrogens with zero attached hydrogens (tertiary/aromatic N) is 4. The third-order valence-corrected chi connectivity index (χ3v) is 4.03. The highest BCUT2D eigenvalue weighted by Gasteiger charge is 2.03. The van der Waals surface area contributed by atoms with Gasteiger partial charge in [-0.05, 0) is 24.1 Å². The molecule has 2 rings (SSSR count). The number of unbranched alkanes of at least 4 members (excludes halogenated alkanes) is 1. The number of methoxy groups -OCH3 is 1. The molecule has 7 nitrogen and oxygen atoms in total. The van der Waals surface area contributed by atoms with Gasteiger partial charge in [0.25, 0.3) is 0 Å². The van der Waals surface area contributed by atoms with Crippen LogP contribution in [0, 0.1) is 0 Å². The van der Waals surface area contributed by atoms with Gasteiger partial charge in [0.2, 0.25) is 0 Å². The van der Waals surface area contributed by atoms with Crippen LogP contribution in [0.2, 0.25) is 0 Å². The normalized spacial score (nSPS) is 11.0. The van der Waals surface area contributed by atoms with Gasteiger partial charge in [0, 0.05) is 26.1 Å². The number of aliphatic imine (C=N–C) groups is 1. The van der Waals surface area contributed by atoms with Gasteiger partial charge >= 0.3 is 0 Å². The maximum Gasteiger partial charge on any atom is 0.191 e. The Bertz CT molecular complexity index is 688. The summed E-state index contributed by atoms with van der Waals surface area (Å²) < 4.78 is 7.34. The zero-order valence-corrected chi connectivity index (χ0v) is 18.8.